The number of imide groups is 1. The Morgan fingerprint density at radius 3 is 2.09 bits per heavy atom. The molecule has 2 aliphatic heterocycles. The van der Waals surface area contributed by atoms with Gasteiger partial charge in [0.2, 0.25) is 0 Å². The predicted molar refractivity (Wildman–Crippen MR) is 131 cm³/mol. The van der Waals surface area contributed by atoms with Gasteiger partial charge >= 0.3 is 12.2 Å². The van der Waals surface area contributed by atoms with Crippen LogP contribution in [0.3, 0.4) is 0 Å². The average Bonchev–Trinajstić information content (AvgIpc) is 3.02. The number of halogens is 1. The van der Waals surface area contributed by atoms with Gasteiger partial charge in [-0.25, -0.2) is 14.5 Å². The van der Waals surface area contributed by atoms with E-state index in [9.17, 15) is 14.4 Å². The van der Waals surface area contributed by atoms with Crippen LogP contribution >= 0.6 is 11.6 Å². The van der Waals surface area contributed by atoms with Gasteiger partial charge in [0.25, 0.3) is 5.91 Å². The summed E-state index contributed by atoms with van der Waals surface area (Å²) in [6.07, 6.45) is -0.0618. The van der Waals surface area contributed by atoms with Crippen LogP contribution in [0.4, 0.5) is 15.3 Å². The van der Waals surface area contributed by atoms with Gasteiger partial charge in [0.1, 0.15) is 11.2 Å². The van der Waals surface area contributed by atoms with E-state index in [0.717, 1.165) is 0 Å². The summed E-state index contributed by atoms with van der Waals surface area (Å²) in [6.45, 7) is 14.0. The minimum Gasteiger partial charge on any atom is -0.443 e. The van der Waals surface area contributed by atoms with Gasteiger partial charge in [0.15, 0.2) is 0 Å². The lowest BCUT2D eigenvalue weighted by atomic mass is 9.95. The van der Waals surface area contributed by atoms with Crippen LogP contribution < -0.4 is 4.90 Å². The molecule has 34 heavy (non-hydrogen) atoms. The molecule has 0 N–H and O–H groups in total. The smallest absolute Gasteiger partial charge is 0.438 e. The topological polar surface area (TPSA) is 88.5 Å². The monoisotopic (exact) mass is 487 g/mol. The molecule has 1 aromatic rings. The van der Waals surface area contributed by atoms with Gasteiger partial charge in [-0.1, -0.05) is 43.6 Å². The van der Waals surface area contributed by atoms with E-state index >= 15 is 0 Å². The first-order chi connectivity index (χ1) is 15.6. The number of hydrazone groups is 1. The SMILES string of the molecule is CC(C)C1=NN(C(=O)OC(C)(C)C)C(=O)/C1=C1/C=C(Cl)c2ccccc2N1C(=O)OC(C)(C)C. The largest absolute Gasteiger partial charge is 0.443 e. The van der Waals surface area contributed by atoms with E-state index < -0.39 is 29.3 Å². The lowest BCUT2D eigenvalue weighted by molar-refractivity contribution is -0.125. The van der Waals surface area contributed by atoms with Gasteiger partial charge in [-0.05, 0) is 59.6 Å². The number of amides is 3. The van der Waals surface area contributed by atoms with E-state index in [1.807, 2.05) is 13.8 Å². The highest BCUT2D eigenvalue weighted by molar-refractivity contribution is 6.50. The number of para-hydroxylation sites is 1. The molecular formula is C25H30ClN3O5. The molecule has 0 fully saturated rings. The minimum absolute atomic E-state index is 0.0828. The third kappa shape index (κ3) is 5.17. The van der Waals surface area contributed by atoms with E-state index in [4.69, 9.17) is 21.1 Å². The Bertz CT molecular complexity index is 1140. The van der Waals surface area contributed by atoms with Gasteiger partial charge in [-0.2, -0.15) is 5.10 Å². The van der Waals surface area contributed by atoms with Crippen LogP contribution in [0.1, 0.15) is 61.0 Å². The summed E-state index contributed by atoms with van der Waals surface area (Å²) in [5.41, 5.74) is 0.0517. The number of carbonyl (C=O) groups is 3. The molecule has 0 saturated carbocycles. The van der Waals surface area contributed by atoms with Gasteiger partial charge in [0.05, 0.1) is 27.7 Å². The number of nitrogens with zero attached hydrogens (tertiary/aromatic N) is 3. The second-order valence-corrected chi connectivity index (χ2v) is 10.7. The first kappa shape index (κ1) is 25.5. The standard InChI is InChI=1S/C25H30ClN3O5/c1-14(2)20-19(21(30)29(27-20)23(32)34-25(6,7)8)18-13-16(26)15-11-9-10-12-17(15)28(18)22(31)33-24(3,4)5/h9-14H,1-8H3/b19-18-. The number of hydrogen-bond acceptors (Lipinski definition) is 6. The maximum absolute atomic E-state index is 13.5. The van der Waals surface area contributed by atoms with Crippen molar-refractivity contribution in [3.05, 3.63) is 47.2 Å². The fraction of sp³-hybridized carbons (Fsp3) is 0.440. The van der Waals surface area contributed by atoms with Gasteiger partial charge in [-0.3, -0.25) is 4.79 Å². The zero-order valence-corrected chi connectivity index (χ0v) is 21.5. The van der Waals surface area contributed by atoms with Crippen molar-refractivity contribution in [2.24, 2.45) is 11.0 Å². The van der Waals surface area contributed by atoms with Crippen LogP contribution in [0.15, 0.2) is 46.7 Å². The number of carbonyl (C=O) groups excluding carboxylic acids is 3. The van der Waals surface area contributed by atoms with Crippen LogP contribution in [-0.4, -0.2) is 40.0 Å². The quantitative estimate of drug-likeness (QED) is 0.449. The van der Waals surface area contributed by atoms with E-state index in [1.165, 1.54) is 11.0 Å². The number of rotatable bonds is 1. The molecule has 0 spiro atoms. The molecule has 3 rings (SSSR count). The third-order valence-corrected chi connectivity index (χ3v) is 5.03. The Balaban J connectivity index is 2.22. The molecule has 3 amide bonds. The maximum atomic E-state index is 13.5. The van der Waals surface area contributed by atoms with Gasteiger partial charge < -0.3 is 9.47 Å². The number of anilines is 1. The van der Waals surface area contributed by atoms with Crippen LogP contribution in [0.5, 0.6) is 0 Å². The number of fused-ring (bicyclic) bond motifs is 1. The minimum atomic E-state index is -0.902. The molecule has 8 nitrogen and oxygen atoms in total. The van der Waals surface area contributed by atoms with Gasteiger partial charge in [0, 0.05) is 5.56 Å². The Morgan fingerprint density at radius 1 is 0.971 bits per heavy atom. The van der Waals surface area contributed by atoms with E-state index in [1.54, 1.807) is 65.8 Å². The zero-order valence-electron chi connectivity index (χ0n) is 20.7. The fourth-order valence-electron chi connectivity index (χ4n) is 3.44. The molecule has 2 aliphatic rings. The molecule has 0 atom stereocenters. The van der Waals surface area contributed by atoms with Crippen molar-refractivity contribution in [1.29, 1.82) is 0 Å². The second kappa shape index (κ2) is 8.91. The van der Waals surface area contributed by atoms with Gasteiger partial charge in [-0.15, -0.1) is 5.01 Å². The summed E-state index contributed by atoms with van der Waals surface area (Å²) < 4.78 is 11.0. The summed E-state index contributed by atoms with van der Waals surface area (Å²) in [7, 11) is 0. The van der Waals surface area contributed by atoms with E-state index in [-0.39, 0.29) is 17.2 Å². The van der Waals surface area contributed by atoms with Crippen LogP contribution in [0, 0.1) is 5.92 Å². The van der Waals surface area contributed by atoms with Crippen molar-refractivity contribution in [1.82, 2.24) is 5.01 Å². The zero-order chi connectivity index (χ0) is 25.6. The van der Waals surface area contributed by atoms with Crippen molar-refractivity contribution in [2.45, 2.75) is 66.6 Å². The Kier molecular flexibility index (Phi) is 6.68. The molecule has 0 saturated heterocycles. The van der Waals surface area contributed by atoms with E-state index in [2.05, 4.69) is 5.10 Å². The highest BCUT2D eigenvalue weighted by Crippen LogP contribution is 2.41. The molecule has 1 aromatic carbocycles. The summed E-state index contributed by atoms with van der Waals surface area (Å²) in [6, 6.07) is 7.04. The summed E-state index contributed by atoms with van der Waals surface area (Å²) >= 11 is 6.58. The number of benzene rings is 1. The highest BCUT2D eigenvalue weighted by Gasteiger charge is 2.43. The van der Waals surface area contributed by atoms with Crippen molar-refractivity contribution in [3.63, 3.8) is 0 Å². The number of hydrogen-bond donors (Lipinski definition) is 0. The molecular weight excluding hydrogens is 458 g/mol. The molecule has 0 bridgehead atoms. The molecule has 0 aliphatic carbocycles. The predicted octanol–water partition coefficient (Wildman–Crippen LogP) is 6.06. The first-order valence-electron chi connectivity index (χ1n) is 11.0. The average molecular weight is 488 g/mol. The molecule has 182 valence electrons. The summed E-state index contributed by atoms with van der Waals surface area (Å²) in [5.74, 6) is -0.953. The maximum Gasteiger partial charge on any atom is 0.438 e. The van der Waals surface area contributed by atoms with Crippen LogP contribution in [0.2, 0.25) is 0 Å². The fourth-order valence-corrected chi connectivity index (χ4v) is 3.71. The molecule has 0 radical (unpaired) electrons. The third-order valence-electron chi connectivity index (χ3n) is 4.72. The van der Waals surface area contributed by atoms with Crippen molar-refractivity contribution in [3.8, 4) is 0 Å². The first-order valence-corrected chi connectivity index (χ1v) is 11.4. The van der Waals surface area contributed by atoms with Crippen LogP contribution in [0.25, 0.3) is 5.03 Å². The van der Waals surface area contributed by atoms with Crippen molar-refractivity contribution in [2.75, 3.05) is 4.90 Å². The second-order valence-electron chi connectivity index (χ2n) is 10.3. The lowest BCUT2D eigenvalue weighted by Crippen LogP contribution is -2.40. The normalized spacial score (nSPS) is 18.6. The Labute approximate surface area is 204 Å². The Morgan fingerprint density at radius 2 is 1.53 bits per heavy atom. The van der Waals surface area contributed by atoms with E-state index in [0.29, 0.717) is 27.0 Å². The van der Waals surface area contributed by atoms with Crippen molar-refractivity contribution < 1.29 is 23.9 Å². The number of ether oxygens (including phenoxy) is 2. The number of allylic oxidation sites excluding steroid dienone is 1. The molecule has 0 aromatic heterocycles. The highest BCUT2D eigenvalue weighted by atomic mass is 35.5. The summed E-state index contributed by atoms with van der Waals surface area (Å²) in [5, 5.41) is 5.31. The molecule has 9 heteroatoms. The lowest BCUT2D eigenvalue weighted by Gasteiger charge is -2.32. The summed E-state index contributed by atoms with van der Waals surface area (Å²) in [4.78, 5) is 40.9. The molecule has 2 heterocycles. The molecule has 0 unspecified atom stereocenters. The Hall–Kier alpha value is -3.13. The van der Waals surface area contributed by atoms with Crippen molar-refractivity contribution >= 4 is 46.1 Å². The van der Waals surface area contributed by atoms with Crippen LogP contribution in [-0.2, 0) is 14.3 Å².